The van der Waals surface area contributed by atoms with Crippen molar-refractivity contribution < 1.29 is 24.8 Å². The minimum Gasteiger partial charge on any atom is -0.508 e. The molecule has 0 aliphatic rings. The van der Waals surface area contributed by atoms with Gasteiger partial charge >= 0.3 is 0 Å². The van der Waals surface area contributed by atoms with E-state index in [1.807, 2.05) is 0 Å². The van der Waals surface area contributed by atoms with Crippen molar-refractivity contribution in [2.45, 2.75) is 0 Å². The van der Waals surface area contributed by atoms with Gasteiger partial charge in [0.1, 0.15) is 17.2 Å². The second-order valence-electron chi connectivity index (χ2n) is 5.57. The van der Waals surface area contributed by atoms with Gasteiger partial charge in [-0.2, -0.15) is 0 Å². The van der Waals surface area contributed by atoms with Crippen LogP contribution in [-0.4, -0.2) is 29.5 Å². The molecule has 3 aromatic carbocycles. The molecule has 0 aliphatic heterocycles. The van der Waals surface area contributed by atoms with Gasteiger partial charge in [-0.15, -0.1) is 0 Å². The molecular formula is C20H17ClO5. The van der Waals surface area contributed by atoms with Crippen molar-refractivity contribution in [1.29, 1.82) is 0 Å². The van der Waals surface area contributed by atoms with Crippen molar-refractivity contribution >= 4 is 11.6 Å². The van der Waals surface area contributed by atoms with Crippen LogP contribution in [0.4, 0.5) is 0 Å². The molecule has 0 atom stereocenters. The minimum atomic E-state index is -0.137. The van der Waals surface area contributed by atoms with E-state index in [0.717, 1.165) is 0 Å². The van der Waals surface area contributed by atoms with E-state index >= 15 is 0 Å². The topological polar surface area (TPSA) is 79.2 Å². The highest BCUT2D eigenvalue weighted by atomic mass is 35.5. The fraction of sp³-hybridized carbons (Fsp3) is 0.100. The highest BCUT2D eigenvalue weighted by molar-refractivity contribution is 6.36. The van der Waals surface area contributed by atoms with Gasteiger partial charge in [0.05, 0.1) is 30.4 Å². The second-order valence-corrected chi connectivity index (χ2v) is 5.95. The minimum absolute atomic E-state index is 0.103. The summed E-state index contributed by atoms with van der Waals surface area (Å²) in [5, 5.41) is 30.1. The zero-order valence-electron chi connectivity index (χ0n) is 14.2. The van der Waals surface area contributed by atoms with Crippen LogP contribution in [0.25, 0.3) is 22.3 Å². The van der Waals surface area contributed by atoms with Gasteiger partial charge in [-0.25, -0.2) is 0 Å². The van der Waals surface area contributed by atoms with Crippen molar-refractivity contribution in [1.82, 2.24) is 0 Å². The maximum atomic E-state index is 10.9. The molecule has 0 aliphatic carbocycles. The summed E-state index contributed by atoms with van der Waals surface area (Å²) in [6, 6.07) is 12.7. The number of benzene rings is 3. The Morgan fingerprint density at radius 1 is 0.654 bits per heavy atom. The Morgan fingerprint density at radius 3 is 1.50 bits per heavy atom. The standard InChI is InChI=1S/C20H17ClO5/c1-25-19-16(12-5-9-14(23)10-6-12)18(24)20(26-2)15(17(19)21)11-3-7-13(22)8-4-11/h3-10,22-24H,1-2H3. The average Bonchev–Trinajstić information content (AvgIpc) is 2.64. The number of phenols is 3. The highest BCUT2D eigenvalue weighted by Crippen LogP contribution is 2.54. The maximum Gasteiger partial charge on any atom is 0.170 e. The van der Waals surface area contributed by atoms with Crippen molar-refractivity contribution in [2.24, 2.45) is 0 Å². The van der Waals surface area contributed by atoms with Crippen molar-refractivity contribution in [2.75, 3.05) is 14.2 Å². The van der Waals surface area contributed by atoms with Gasteiger partial charge in [0.25, 0.3) is 0 Å². The lowest BCUT2D eigenvalue weighted by Gasteiger charge is -2.20. The Balaban J connectivity index is 2.34. The first-order valence-corrected chi connectivity index (χ1v) is 8.11. The molecule has 0 amide bonds. The molecule has 0 heterocycles. The zero-order chi connectivity index (χ0) is 18.8. The molecule has 6 heteroatoms. The number of ether oxygens (including phenoxy) is 2. The molecule has 0 unspecified atom stereocenters. The van der Waals surface area contributed by atoms with E-state index in [-0.39, 0.29) is 33.8 Å². The lowest BCUT2D eigenvalue weighted by molar-refractivity contribution is 0.369. The first kappa shape index (κ1) is 17.8. The van der Waals surface area contributed by atoms with E-state index in [9.17, 15) is 15.3 Å². The Bertz CT molecular complexity index is 855. The molecule has 0 aromatic heterocycles. The number of phenolic OH excluding ortho intramolecular Hbond substituents is 3. The van der Waals surface area contributed by atoms with E-state index in [1.165, 1.54) is 38.5 Å². The van der Waals surface area contributed by atoms with Crippen LogP contribution in [0, 0.1) is 0 Å². The predicted molar refractivity (Wildman–Crippen MR) is 100 cm³/mol. The van der Waals surface area contributed by atoms with Crippen LogP contribution in [0.5, 0.6) is 28.7 Å². The Labute approximate surface area is 155 Å². The van der Waals surface area contributed by atoms with Crippen LogP contribution >= 0.6 is 11.6 Å². The Kier molecular flexibility index (Phi) is 4.82. The lowest BCUT2D eigenvalue weighted by atomic mass is 9.96. The largest absolute Gasteiger partial charge is 0.508 e. The molecule has 0 bridgehead atoms. The zero-order valence-corrected chi connectivity index (χ0v) is 14.9. The van der Waals surface area contributed by atoms with Crippen molar-refractivity contribution in [3.8, 4) is 51.0 Å². The number of rotatable bonds is 4. The summed E-state index contributed by atoms with van der Waals surface area (Å²) in [7, 11) is 2.89. The summed E-state index contributed by atoms with van der Waals surface area (Å²) in [5.74, 6) is 0.539. The van der Waals surface area contributed by atoms with E-state index in [0.29, 0.717) is 22.3 Å². The number of hydrogen-bond acceptors (Lipinski definition) is 5. The smallest absolute Gasteiger partial charge is 0.170 e. The summed E-state index contributed by atoms with van der Waals surface area (Å²) >= 11 is 6.60. The molecule has 134 valence electrons. The molecule has 26 heavy (non-hydrogen) atoms. The Hall–Kier alpha value is -3.05. The maximum absolute atomic E-state index is 10.9. The van der Waals surface area contributed by atoms with Crippen molar-refractivity contribution in [3.63, 3.8) is 0 Å². The van der Waals surface area contributed by atoms with Gasteiger partial charge < -0.3 is 24.8 Å². The quantitative estimate of drug-likeness (QED) is 0.612. The van der Waals surface area contributed by atoms with E-state index in [4.69, 9.17) is 21.1 Å². The van der Waals surface area contributed by atoms with Crippen molar-refractivity contribution in [3.05, 3.63) is 53.6 Å². The number of methoxy groups -OCH3 is 2. The third-order valence-electron chi connectivity index (χ3n) is 4.05. The van der Waals surface area contributed by atoms with Crippen LogP contribution in [0.3, 0.4) is 0 Å². The fourth-order valence-corrected chi connectivity index (χ4v) is 3.20. The van der Waals surface area contributed by atoms with Gasteiger partial charge in [0.15, 0.2) is 11.5 Å². The van der Waals surface area contributed by atoms with Gasteiger partial charge in [0, 0.05) is 0 Å². The molecule has 5 nitrogen and oxygen atoms in total. The number of aromatic hydroxyl groups is 3. The molecule has 0 spiro atoms. The van der Waals surface area contributed by atoms with Crippen LogP contribution in [0.2, 0.25) is 5.02 Å². The molecular weight excluding hydrogens is 356 g/mol. The Morgan fingerprint density at radius 2 is 1.08 bits per heavy atom. The summed E-state index contributed by atoms with van der Waals surface area (Å²) in [5.41, 5.74) is 2.06. The van der Waals surface area contributed by atoms with E-state index in [1.54, 1.807) is 24.3 Å². The molecule has 3 aromatic rings. The third kappa shape index (κ3) is 2.97. The summed E-state index contributed by atoms with van der Waals surface area (Å²) in [4.78, 5) is 0. The monoisotopic (exact) mass is 372 g/mol. The van der Waals surface area contributed by atoms with Crippen LogP contribution in [0.1, 0.15) is 0 Å². The summed E-state index contributed by atoms with van der Waals surface area (Å²) < 4.78 is 10.9. The molecule has 0 fully saturated rings. The van der Waals surface area contributed by atoms with E-state index in [2.05, 4.69) is 0 Å². The molecule has 0 saturated carbocycles. The summed E-state index contributed by atoms with van der Waals surface area (Å²) in [6.07, 6.45) is 0. The SMILES string of the molecule is COc1c(Cl)c(-c2ccc(O)cc2)c(OC)c(O)c1-c1ccc(O)cc1. The molecule has 3 rings (SSSR count). The lowest BCUT2D eigenvalue weighted by Crippen LogP contribution is -1.97. The normalized spacial score (nSPS) is 10.6. The van der Waals surface area contributed by atoms with Gasteiger partial charge in [0.2, 0.25) is 0 Å². The first-order chi connectivity index (χ1) is 12.5. The van der Waals surface area contributed by atoms with Crippen LogP contribution in [-0.2, 0) is 0 Å². The average molecular weight is 373 g/mol. The van der Waals surface area contributed by atoms with Gasteiger partial charge in [-0.05, 0) is 35.4 Å². The number of hydrogen-bond donors (Lipinski definition) is 3. The first-order valence-electron chi connectivity index (χ1n) is 7.73. The molecule has 3 N–H and O–H groups in total. The van der Waals surface area contributed by atoms with Gasteiger partial charge in [-0.3, -0.25) is 0 Å². The predicted octanol–water partition coefficient (Wildman–Crippen LogP) is 4.81. The van der Waals surface area contributed by atoms with E-state index < -0.39 is 0 Å². The highest BCUT2D eigenvalue weighted by Gasteiger charge is 2.26. The van der Waals surface area contributed by atoms with Gasteiger partial charge in [-0.1, -0.05) is 35.9 Å². The van der Waals surface area contributed by atoms with Crippen LogP contribution < -0.4 is 9.47 Å². The fourth-order valence-electron chi connectivity index (χ4n) is 2.83. The molecule has 0 saturated heterocycles. The van der Waals surface area contributed by atoms with Crippen LogP contribution in [0.15, 0.2) is 48.5 Å². The third-order valence-corrected chi connectivity index (χ3v) is 4.41. The summed E-state index contributed by atoms with van der Waals surface area (Å²) in [6.45, 7) is 0. The number of halogens is 1. The molecule has 0 radical (unpaired) electrons. The second kappa shape index (κ2) is 7.06.